The summed E-state index contributed by atoms with van der Waals surface area (Å²) in [4.78, 5) is 17.8. The second-order valence-corrected chi connectivity index (χ2v) is 9.57. The molecule has 1 fully saturated rings. The Morgan fingerprint density at radius 3 is 2.86 bits per heavy atom. The molecular weight excluding hydrogens is 350 g/mol. The first-order valence-corrected chi connectivity index (χ1v) is 10.5. The van der Waals surface area contributed by atoms with Crippen LogP contribution in [-0.2, 0) is 16.6 Å². The summed E-state index contributed by atoms with van der Waals surface area (Å²) in [5.41, 5.74) is 5.71. The fourth-order valence-electron chi connectivity index (χ4n) is 5.12. The number of alkyl carbamates (subject to hydrolysis) is 1. The Bertz CT molecular complexity index is 880. The van der Waals surface area contributed by atoms with Crippen molar-refractivity contribution < 1.29 is 9.53 Å². The van der Waals surface area contributed by atoms with Crippen molar-refractivity contribution >= 4 is 17.0 Å². The molecule has 2 aromatic rings. The molecule has 0 spiro atoms. The van der Waals surface area contributed by atoms with Crippen molar-refractivity contribution in [3.8, 4) is 0 Å². The van der Waals surface area contributed by atoms with E-state index in [1.54, 1.807) is 0 Å². The molecule has 1 unspecified atom stereocenters. The van der Waals surface area contributed by atoms with Gasteiger partial charge in [0.15, 0.2) is 0 Å². The van der Waals surface area contributed by atoms with Crippen LogP contribution < -0.4 is 5.32 Å². The van der Waals surface area contributed by atoms with Gasteiger partial charge in [-0.2, -0.15) is 0 Å². The first kappa shape index (κ1) is 19.3. The summed E-state index contributed by atoms with van der Waals surface area (Å²) >= 11 is 0. The topological polar surface area (TPSA) is 57.4 Å². The van der Waals surface area contributed by atoms with Crippen molar-refractivity contribution in [3.63, 3.8) is 0 Å². The molecule has 1 aliphatic carbocycles. The molecule has 5 heteroatoms. The van der Waals surface area contributed by atoms with Gasteiger partial charge in [0.2, 0.25) is 0 Å². The van der Waals surface area contributed by atoms with Crippen LogP contribution in [0.1, 0.15) is 56.7 Å². The molecule has 4 rings (SSSR count). The van der Waals surface area contributed by atoms with E-state index in [1.165, 1.54) is 27.6 Å². The van der Waals surface area contributed by atoms with E-state index in [0.29, 0.717) is 31.0 Å². The number of likely N-dealkylation sites (N-methyl/N-ethyl adjacent to an activating group) is 1. The first-order valence-electron chi connectivity index (χ1n) is 10.5. The largest absolute Gasteiger partial charge is 0.450 e. The number of aromatic amines is 1. The summed E-state index contributed by atoms with van der Waals surface area (Å²) in [6.45, 7) is 10.8. The summed E-state index contributed by atoms with van der Waals surface area (Å²) in [5.74, 6) is 0.935. The first-order chi connectivity index (χ1) is 13.3. The highest BCUT2D eigenvalue weighted by Crippen LogP contribution is 2.45. The number of carbonyl (C=O) groups excluding carboxylic acids is 1. The molecular formula is C23H33N3O2. The van der Waals surface area contributed by atoms with Crippen LogP contribution in [0.3, 0.4) is 0 Å². The minimum atomic E-state index is -0.305. The number of nitrogens with zero attached hydrogens (tertiary/aromatic N) is 1. The van der Waals surface area contributed by atoms with Crippen molar-refractivity contribution in [1.29, 1.82) is 0 Å². The SMILES string of the molecule is CCOC(=O)NC[C@@H]1CC2c3cc(C(C)(C)C)cc4[nH]cc(c34)C[C@H]2N(C)C1. The van der Waals surface area contributed by atoms with Crippen molar-refractivity contribution in [2.24, 2.45) is 5.92 Å². The van der Waals surface area contributed by atoms with Gasteiger partial charge >= 0.3 is 6.09 Å². The van der Waals surface area contributed by atoms with Gasteiger partial charge in [-0.3, -0.25) is 0 Å². The highest BCUT2D eigenvalue weighted by Gasteiger charge is 2.40. The third kappa shape index (κ3) is 3.41. The van der Waals surface area contributed by atoms with E-state index in [9.17, 15) is 4.79 Å². The maximum absolute atomic E-state index is 11.7. The Hall–Kier alpha value is -2.01. The molecule has 28 heavy (non-hydrogen) atoms. The minimum absolute atomic E-state index is 0.119. The number of amides is 1. The van der Waals surface area contributed by atoms with Crippen molar-refractivity contribution in [2.75, 3.05) is 26.7 Å². The number of carbonyl (C=O) groups is 1. The molecule has 1 aromatic carbocycles. The fourth-order valence-corrected chi connectivity index (χ4v) is 5.12. The normalized spacial score (nSPS) is 24.8. The molecule has 2 N–H and O–H groups in total. The number of H-pyrrole nitrogens is 1. The zero-order chi connectivity index (χ0) is 20.1. The van der Waals surface area contributed by atoms with E-state index in [1.807, 2.05) is 6.92 Å². The molecule has 5 nitrogen and oxygen atoms in total. The summed E-state index contributed by atoms with van der Waals surface area (Å²) < 4.78 is 5.03. The van der Waals surface area contributed by atoms with E-state index in [0.717, 1.165) is 19.4 Å². The molecule has 0 radical (unpaired) electrons. The minimum Gasteiger partial charge on any atom is -0.450 e. The molecule has 0 saturated carbocycles. The average molecular weight is 384 g/mol. The highest BCUT2D eigenvalue weighted by atomic mass is 16.5. The van der Waals surface area contributed by atoms with E-state index < -0.39 is 0 Å². The van der Waals surface area contributed by atoms with Crippen molar-refractivity contribution in [2.45, 2.75) is 57.9 Å². The third-order valence-electron chi connectivity index (χ3n) is 6.56. The number of rotatable bonds is 3. The molecule has 1 saturated heterocycles. The lowest BCUT2D eigenvalue weighted by Crippen LogP contribution is -2.50. The maximum atomic E-state index is 11.7. The van der Waals surface area contributed by atoms with Gasteiger partial charge < -0.3 is 19.9 Å². The van der Waals surface area contributed by atoms with Gasteiger partial charge in [0, 0.05) is 42.1 Å². The van der Waals surface area contributed by atoms with Crippen LogP contribution in [0.15, 0.2) is 18.3 Å². The standard InChI is InChI=1S/C23H33N3O2/c1-6-28-22(27)25-11-14-7-17-18-9-16(23(2,3)4)10-19-21(18)15(12-24-19)8-20(17)26(5)13-14/h9-10,12,14,17,20,24H,6-8,11,13H2,1-5H3,(H,25,27)/t14-,17?,20+/m0/s1. The second kappa shape index (κ2) is 7.11. The highest BCUT2D eigenvalue weighted by molar-refractivity contribution is 5.89. The Morgan fingerprint density at radius 1 is 1.36 bits per heavy atom. The molecule has 1 amide bonds. The Morgan fingerprint density at radius 2 is 2.14 bits per heavy atom. The number of aromatic nitrogens is 1. The number of ether oxygens (including phenoxy) is 1. The molecule has 2 aliphatic rings. The van der Waals surface area contributed by atoms with Gasteiger partial charge in [-0.15, -0.1) is 0 Å². The number of nitrogens with one attached hydrogen (secondary N) is 2. The number of fused-ring (bicyclic) bond motifs is 2. The Balaban J connectivity index is 1.65. The number of likely N-dealkylation sites (tertiary alicyclic amines) is 1. The summed E-state index contributed by atoms with van der Waals surface area (Å²) in [5, 5.41) is 4.38. The predicted octanol–water partition coefficient (Wildman–Crippen LogP) is 4.17. The molecule has 0 bridgehead atoms. The zero-order valence-electron chi connectivity index (χ0n) is 17.8. The monoisotopic (exact) mass is 383 g/mol. The second-order valence-electron chi connectivity index (χ2n) is 9.57. The van der Waals surface area contributed by atoms with Gasteiger partial charge in [-0.25, -0.2) is 4.79 Å². The zero-order valence-corrected chi connectivity index (χ0v) is 17.8. The van der Waals surface area contributed by atoms with Crippen LogP contribution in [0.4, 0.5) is 4.79 Å². The maximum Gasteiger partial charge on any atom is 0.407 e. The van der Waals surface area contributed by atoms with Crippen LogP contribution in [0, 0.1) is 5.92 Å². The Kier molecular flexibility index (Phi) is 4.90. The lowest BCUT2D eigenvalue weighted by atomic mass is 9.71. The van der Waals surface area contributed by atoms with Crippen LogP contribution in [0.5, 0.6) is 0 Å². The van der Waals surface area contributed by atoms with Gasteiger partial charge in [-0.1, -0.05) is 26.8 Å². The molecule has 3 atom stereocenters. The van der Waals surface area contributed by atoms with Gasteiger partial charge in [0.05, 0.1) is 6.61 Å². The molecule has 2 heterocycles. The van der Waals surface area contributed by atoms with E-state index in [-0.39, 0.29) is 11.5 Å². The number of hydrogen-bond donors (Lipinski definition) is 2. The van der Waals surface area contributed by atoms with Crippen LogP contribution in [0.25, 0.3) is 10.9 Å². The Labute approximate surface area is 167 Å². The van der Waals surface area contributed by atoms with Crippen LogP contribution in [-0.4, -0.2) is 48.8 Å². The lowest BCUT2D eigenvalue weighted by molar-refractivity contribution is 0.106. The number of benzene rings is 1. The third-order valence-corrected chi connectivity index (χ3v) is 6.56. The van der Waals surface area contributed by atoms with Gasteiger partial charge in [0.25, 0.3) is 0 Å². The molecule has 1 aliphatic heterocycles. The smallest absolute Gasteiger partial charge is 0.407 e. The van der Waals surface area contributed by atoms with Crippen molar-refractivity contribution in [1.82, 2.24) is 15.2 Å². The van der Waals surface area contributed by atoms with Crippen LogP contribution in [0.2, 0.25) is 0 Å². The quantitative estimate of drug-likeness (QED) is 0.836. The van der Waals surface area contributed by atoms with E-state index >= 15 is 0 Å². The molecule has 1 aromatic heterocycles. The van der Waals surface area contributed by atoms with Gasteiger partial charge in [0.1, 0.15) is 0 Å². The lowest BCUT2D eigenvalue weighted by Gasteiger charge is -2.46. The molecule has 152 valence electrons. The van der Waals surface area contributed by atoms with Crippen molar-refractivity contribution in [3.05, 3.63) is 35.0 Å². The van der Waals surface area contributed by atoms with Gasteiger partial charge in [-0.05, 0) is 60.9 Å². The van der Waals surface area contributed by atoms with E-state index in [2.05, 4.69) is 61.3 Å². The summed E-state index contributed by atoms with van der Waals surface area (Å²) in [6.07, 6.45) is 4.11. The van der Waals surface area contributed by atoms with E-state index in [4.69, 9.17) is 4.74 Å². The number of piperidine rings is 1. The number of hydrogen-bond acceptors (Lipinski definition) is 3. The summed E-state index contributed by atoms with van der Waals surface area (Å²) in [7, 11) is 2.23. The summed E-state index contributed by atoms with van der Waals surface area (Å²) in [6, 6.07) is 5.31. The fraction of sp³-hybridized carbons (Fsp3) is 0.609. The average Bonchev–Trinajstić information content (AvgIpc) is 3.04. The van der Waals surface area contributed by atoms with Crippen LogP contribution >= 0.6 is 0 Å². The predicted molar refractivity (Wildman–Crippen MR) is 113 cm³/mol.